The summed E-state index contributed by atoms with van der Waals surface area (Å²) in [6.45, 7) is 3.79. The summed E-state index contributed by atoms with van der Waals surface area (Å²) in [6.07, 6.45) is 0.238. The summed E-state index contributed by atoms with van der Waals surface area (Å²) >= 11 is 1.58. The van der Waals surface area contributed by atoms with Gasteiger partial charge >= 0.3 is 5.97 Å². The van der Waals surface area contributed by atoms with E-state index in [4.69, 9.17) is 10.00 Å². The first-order valence-electron chi connectivity index (χ1n) is 8.13. The average molecular weight is 368 g/mol. The predicted octanol–water partition coefficient (Wildman–Crippen LogP) is 3.84. The van der Waals surface area contributed by atoms with Gasteiger partial charge in [-0.3, -0.25) is 9.59 Å². The highest BCUT2D eigenvalue weighted by Gasteiger charge is 2.08. The molecule has 0 heterocycles. The molecule has 0 atom stereocenters. The number of esters is 1. The quantitative estimate of drug-likeness (QED) is 0.593. The summed E-state index contributed by atoms with van der Waals surface area (Å²) in [5.74, 6) is -0.223. The number of nitrogens with one attached hydrogen (secondary N) is 1. The van der Waals surface area contributed by atoms with Crippen LogP contribution in [0, 0.1) is 25.2 Å². The minimum absolute atomic E-state index is 0.238. The lowest BCUT2D eigenvalue weighted by atomic mass is 10.1. The summed E-state index contributed by atoms with van der Waals surface area (Å²) in [6, 6.07) is 14.6. The molecule has 1 N–H and O–H groups in total. The Kier molecular flexibility index (Phi) is 7.24. The molecule has 0 aliphatic heterocycles. The zero-order valence-corrected chi connectivity index (χ0v) is 15.6. The maximum Gasteiger partial charge on any atom is 0.307 e. The Morgan fingerprint density at radius 3 is 2.50 bits per heavy atom. The smallest absolute Gasteiger partial charge is 0.307 e. The molecule has 0 aromatic heterocycles. The predicted molar refractivity (Wildman–Crippen MR) is 102 cm³/mol. The lowest BCUT2D eigenvalue weighted by molar-refractivity contribution is -0.146. The second-order valence-electron chi connectivity index (χ2n) is 5.74. The third-order valence-corrected chi connectivity index (χ3v) is 4.71. The minimum atomic E-state index is -0.412. The van der Waals surface area contributed by atoms with E-state index in [-0.39, 0.29) is 13.0 Å². The van der Waals surface area contributed by atoms with Crippen molar-refractivity contribution in [3.05, 3.63) is 59.2 Å². The average Bonchev–Trinajstić information content (AvgIpc) is 2.63. The largest absolute Gasteiger partial charge is 0.456 e. The molecule has 0 saturated carbocycles. The number of hydrogen-bond donors (Lipinski definition) is 1. The van der Waals surface area contributed by atoms with Crippen molar-refractivity contribution in [1.82, 2.24) is 0 Å². The van der Waals surface area contributed by atoms with Gasteiger partial charge in [-0.05, 0) is 61.4 Å². The van der Waals surface area contributed by atoms with Gasteiger partial charge in [0.2, 0.25) is 0 Å². The maximum atomic E-state index is 11.8. The molecule has 1 amide bonds. The summed E-state index contributed by atoms with van der Waals surface area (Å²) in [5, 5.41) is 11.3. The van der Waals surface area contributed by atoms with E-state index in [0.29, 0.717) is 17.0 Å². The van der Waals surface area contributed by atoms with Gasteiger partial charge in [0.1, 0.15) is 0 Å². The fraction of sp³-hybridized carbons (Fsp3) is 0.250. The Morgan fingerprint density at radius 1 is 1.12 bits per heavy atom. The van der Waals surface area contributed by atoms with E-state index in [0.717, 1.165) is 4.90 Å². The third-order valence-electron chi connectivity index (χ3n) is 3.72. The van der Waals surface area contributed by atoms with Crippen molar-refractivity contribution in [2.45, 2.75) is 25.2 Å². The van der Waals surface area contributed by atoms with Gasteiger partial charge in [-0.1, -0.05) is 6.07 Å². The Bertz CT molecular complexity index is 826. The maximum absolute atomic E-state index is 11.8. The van der Waals surface area contributed by atoms with Crippen LogP contribution in [0.5, 0.6) is 0 Å². The molecule has 0 spiro atoms. The van der Waals surface area contributed by atoms with Crippen LogP contribution in [0.25, 0.3) is 0 Å². The standard InChI is InChI=1S/C20H20N2O3S/c1-14-3-8-18(11-15(14)2)26-10-9-20(24)25-13-19(23)22-17-6-4-16(12-21)5-7-17/h3-8,11H,9-10,13H2,1-2H3,(H,22,23). The van der Waals surface area contributed by atoms with Gasteiger partial charge in [0.05, 0.1) is 18.1 Å². The zero-order chi connectivity index (χ0) is 18.9. The van der Waals surface area contributed by atoms with Gasteiger partial charge in [-0.2, -0.15) is 5.26 Å². The Morgan fingerprint density at radius 2 is 1.85 bits per heavy atom. The number of thioether (sulfide) groups is 1. The molecule has 0 radical (unpaired) electrons. The molecular formula is C20H20N2O3S. The minimum Gasteiger partial charge on any atom is -0.456 e. The summed E-state index contributed by atoms with van der Waals surface area (Å²) in [5.41, 5.74) is 3.52. The molecule has 2 rings (SSSR count). The van der Waals surface area contributed by atoms with Crippen molar-refractivity contribution in [2.24, 2.45) is 0 Å². The summed E-state index contributed by atoms with van der Waals surface area (Å²) in [4.78, 5) is 24.6. The second-order valence-corrected chi connectivity index (χ2v) is 6.91. The highest BCUT2D eigenvalue weighted by atomic mass is 32.2. The van der Waals surface area contributed by atoms with Crippen molar-refractivity contribution < 1.29 is 14.3 Å². The fourth-order valence-corrected chi connectivity index (χ4v) is 3.03. The number of nitriles is 1. The lowest BCUT2D eigenvalue weighted by Crippen LogP contribution is -2.21. The zero-order valence-electron chi connectivity index (χ0n) is 14.7. The van der Waals surface area contributed by atoms with Crippen LogP contribution in [0.2, 0.25) is 0 Å². The number of hydrogen-bond acceptors (Lipinski definition) is 5. The number of amides is 1. The van der Waals surface area contributed by atoms with Gasteiger partial charge in [-0.25, -0.2) is 0 Å². The monoisotopic (exact) mass is 368 g/mol. The molecule has 5 nitrogen and oxygen atoms in total. The lowest BCUT2D eigenvalue weighted by Gasteiger charge is -2.07. The number of anilines is 1. The molecule has 134 valence electrons. The van der Waals surface area contributed by atoms with E-state index in [1.54, 1.807) is 36.0 Å². The van der Waals surface area contributed by atoms with E-state index in [9.17, 15) is 9.59 Å². The van der Waals surface area contributed by atoms with Crippen LogP contribution in [0.1, 0.15) is 23.1 Å². The van der Waals surface area contributed by atoms with Crippen LogP contribution in [0.3, 0.4) is 0 Å². The topological polar surface area (TPSA) is 79.2 Å². The van der Waals surface area contributed by atoms with Crippen LogP contribution in [-0.2, 0) is 14.3 Å². The molecule has 0 unspecified atom stereocenters. The van der Waals surface area contributed by atoms with Crippen LogP contribution < -0.4 is 5.32 Å². The van der Waals surface area contributed by atoms with Crippen molar-refractivity contribution >= 4 is 29.3 Å². The SMILES string of the molecule is Cc1ccc(SCCC(=O)OCC(=O)Nc2ccc(C#N)cc2)cc1C. The van der Waals surface area contributed by atoms with Gasteiger partial charge in [0.25, 0.3) is 5.91 Å². The first kappa shape index (κ1) is 19.5. The Labute approximate surface area is 157 Å². The molecule has 0 fully saturated rings. The number of rotatable bonds is 7. The molecule has 0 aliphatic carbocycles. The van der Waals surface area contributed by atoms with Crippen LogP contribution in [0.4, 0.5) is 5.69 Å². The van der Waals surface area contributed by atoms with Crippen molar-refractivity contribution in [1.29, 1.82) is 5.26 Å². The first-order valence-corrected chi connectivity index (χ1v) is 9.12. The van der Waals surface area contributed by atoms with E-state index in [1.165, 1.54) is 11.1 Å². The second kappa shape index (κ2) is 9.64. The van der Waals surface area contributed by atoms with E-state index in [2.05, 4.69) is 31.3 Å². The first-order chi connectivity index (χ1) is 12.5. The summed E-state index contributed by atoms with van der Waals surface area (Å²) < 4.78 is 4.99. The van der Waals surface area contributed by atoms with Gasteiger partial charge < -0.3 is 10.1 Å². The molecule has 2 aromatic carbocycles. The summed E-state index contributed by atoms with van der Waals surface area (Å²) in [7, 11) is 0. The van der Waals surface area contributed by atoms with Crippen LogP contribution in [-0.4, -0.2) is 24.2 Å². The van der Waals surface area contributed by atoms with E-state index in [1.807, 2.05) is 12.1 Å². The highest BCUT2D eigenvalue weighted by molar-refractivity contribution is 7.99. The molecule has 2 aromatic rings. The Balaban J connectivity index is 1.68. The Hall–Kier alpha value is -2.78. The number of carbonyl (C=O) groups excluding carboxylic acids is 2. The molecule has 6 heteroatoms. The normalized spacial score (nSPS) is 10.0. The van der Waals surface area contributed by atoms with Gasteiger partial charge in [0, 0.05) is 16.3 Å². The number of ether oxygens (including phenoxy) is 1. The number of carbonyl (C=O) groups is 2. The van der Waals surface area contributed by atoms with Gasteiger partial charge in [-0.15, -0.1) is 11.8 Å². The van der Waals surface area contributed by atoms with E-state index >= 15 is 0 Å². The third kappa shape index (κ3) is 6.26. The number of aryl methyl sites for hydroxylation is 2. The molecule has 0 bridgehead atoms. The van der Waals surface area contributed by atoms with Crippen LogP contribution >= 0.6 is 11.8 Å². The van der Waals surface area contributed by atoms with E-state index < -0.39 is 11.9 Å². The molecule has 26 heavy (non-hydrogen) atoms. The van der Waals surface area contributed by atoms with Crippen LogP contribution in [0.15, 0.2) is 47.4 Å². The van der Waals surface area contributed by atoms with Crippen molar-refractivity contribution in [3.63, 3.8) is 0 Å². The molecule has 0 aliphatic rings. The van der Waals surface area contributed by atoms with Gasteiger partial charge in [0.15, 0.2) is 6.61 Å². The highest BCUT2D eigenvalue weighted by Crippen LogP contribution is 2.21. The molecule has 0 saturated heterocycles. The number of benzene rings is 2. The molecular weight excluding hydrogens is 348 g/mol. The van der Waals surface area contributed by atoms with Crippen molar-refractivity contribution in [3.8, 4) is 6.07 Å². The fourth-order valence-electron chi connectivity index (χ4n) is 2.10. The number of nitrogens with zero attached hydrogens (tertiary/aromatic N) is 1. The van der Waals surface area contributed by atoms with Crippen molar-refractivity contribution in [2.75, 3.05) is 17.7 Å².